The molecule has 234 valence electrons. The third-order valence-corrected chi connectivity index (χ3v) is 8.74. The second-order valence-electron chi connectivity index (χ2n) is 12.6. The molecule has 1 aromatic carbocycles. The fourth-order valence-electron chi connectivity index (χ4n) is 6.01. The number of ether oxygens (including phenoxy) is 1. The molecule has 0 saturated heterocycles. The lowest BCUT2D eigenvalue weighted by atomic mass is 10.0. The van der Waals surface area contributed by atoms with Crippen molar-refractivity contribution < 1.29 is 9.53 Å². The molecule has 3 heteroatoms. The Labute approximate surface area is 254 Å². The molecule has 1 heterocycles. The van der Waals surface area contributed by atoms with E-state index in [1.54, 1.807) is 0 Å². The Morgan fingerprint density at radius 1 is 0.585 bits per heavy atom. The normalized spacial score (nSPS) is 14.1. The maximum absolute atomic E-state index is 12.3. The molecule has 2 rings (SSSR count). The van der Waals surface area contributed by atoms with Crippen LogP contribution in [-0.2, 0) is 9.53 Å². The van der Waals surface area contributed by atoms with E-state index in [0.29, 0.717) is 6.61 Å². The van der Waals surface area contributed by atoms with Crippen LogP contribution in [0.15, 0.2) is 30.3 Å². The number of esters is 1. The highest BCUT2D eigenvalue weighted by atomic mass is 16.5. The van der Waals surface area contributed by atoms with Gasteiger partial charge in [-0.2, -0.15) is 0 Å². The number of para-hydroxylation sites is 1. The highest BCUT2D eigenvalue weighted by molar-refractivity contribution is 5.87. The van der Waals surface area contributed by atoms with Crippen molar-refractivity contribution in [1.82, 2.24) is 0 Å². The summed E-state index contributed by atoms with van der Waals surface area (Å²) in [6.45, 7) is 2.83. The van der Waals surface area contributed by atoms with E-state index < -0.39 is 0 Å². The minimum atomic E-state index is -0.367. The van der Waals surface area contributed by atoms with E-state index in [1.165, 1.54) is 154 Å². The van der Waals surface area contributed by atoms with Gasteiger partial charge in [-0.3, -0.25) is 0 Å². The van der Waals surface area contributed by atoms with Gasteiger partial charge in [-0.1, -0.05) is 198 Å². The van der Waals surface area contributed by atoms with Crippen LogP contribution in [0.5, 0.6) is 0 Å². The van der Waals surface area contributed by atoms with Crippen molar-refractivity contribution >= 4 is 17.7 Å². The molecule has 0 aromatic heterocycles. The van der Waals surface area contributed by atoms with Gasteiger partial charge in [0.1, 0.15) is 6.04 Å². The second kappa shape index (κ2) is 25.9. The van der Waals surface area contributed by atoms with E-state index in [0.717, 1.165) is 24.1 Å². The molecular weight excluding hydrogens is 502 g/mol. The Hall–Kier alpha value is -1.77. The summed E-state index contributed by atoms with van der Waals surface area (Å²) >= 11 is 0. The molecule has 0 spiro atoms. The fraction of sp³-hybridized carbons (Fsp3) is 0.763. The Balaban J connectivity index is 1.21. The van der Waals surface area contributed by atoms with E-state index in [9.17, 15) is 4.79 Å². The van der Waals surface area contributed by atoms with Gasteiger partial charge in [0.05, 0.1) is 6.61 Å². The molecule has 0 amide bonds. The van der Waals surface area contributed by atoms with Crippen LogP contribution in [0, 0.1) is 0 Å². The first-order valence-corrected chi connectivity index (χ1v) is 18.0. The third-order valence-electron chi connectivity index (χ3n) is 8.74. The monoisotopic (exact) mass is 568 g/mol. The summed E-state index contributed by atoms with van der Waals surface area (Å²) in [5.74, 6) is -0.171. The number of carbonyl (C=O) groups is 1. The molecule has 0 radical (unpaired) electrons. The minimum absolute atomic E-state index is 0.171. The zero-order valence-electron chi connectivity index (χ0n) is 26.9. The maximum atomic E-state index is 12.3. The lowest BCUT2D eigenvalue weighted by Crippen LogP contribution is -2.31. The van der Waals surface area contributed by atoms with E-state index in [-0.39, 0.29) is 12.0 Å². The number of rotatable bonds is 28. The predicted octanol–water partition coefficient (Wildman–Crippen LogP) is 12.2. The number of fused-ring (bicyclic) bond motifs is 1. The lowest BCUT2D eigenvalue weighted by Gasteiger charge is -2.20. The molecule has 1 atom stereocenters. The first kappa shape index (κ1) is 35.4. The first-order valence-electron chi connectivity index (χ1n) is 18.0. The molecule has 1 N–H and O–H groups in total. The number of hydrogen-bond acceptors (Lipinski definition) is 3. The SMILES string of the molecule is CCCCCCCCCCCCCCCCCCCCCCCCCCCCOC(=O)C1C=Cc2ccccc2N1. The molecule has 1 aliphatic heterocycles. The van der Waals surface area contributed by atoms with Crippen LogP contribution in [0.3, 0.4) is 0 Å². The van der Waals surface area contributed by atoms with Gasteiger partial charge in [-0.15, -0.1) is 0 Å². The van der Waals surface area contributed by atoms with Crippen LogP contribution in [0.1, 0.15) is 179 Å². The molecule has 3 nitrogen and oxygen atoms in total. The summed E-state index contributed by atoms with van der Waals surface area (Å²) in [5, 5.41) is 3.26. The highest BCUT2D eigenvalue weighted by Gasteiger charge is 2.20. The van der Waals surface area contributed by atoms with Gasteiger partial charge >= 0.3 is 5.97 Å². The molecular formula is C38H65NO2. The van der Waals surface area contributed by atoms with Crippen molar-refractivity contribution in [3.8, 4) is 0 Å². The summed E-state index contributed by atoms with van der Waals surface area (Å²) in [7, 11) is 0. The number of benzene rings is 1. The molecule has 41 heavy (non-hydrogen) atoms. The molecule has 0 fully saturated rings. The zero-order chi connectivity index (χ0) is 29.1. The van der Waals surface area contributed by atoms with Crippen molar-refractivity contribution in [2.24, 2.45) is 0 Å². The Bertz CT molecular complexity index is 773. The minimum Gasteiger partial charge on any atom is -0.464 e. The van der Waals surface area contributed by atoms with Gasteiger partial charge in [0.25, 0.3) is 0 Å². The summed E-state index contributed by atoms with van der Waals surface area (Å²) in [6, 6.07) is 7.67. The number of carbonyl (C=O) groups excluding carboxylic acids is 1. The number of unbranched alkanes of at least 4 members (excludes halogenated alkanes) is 25. The standard InChI is InChI=1S/C38H65NO2/c1-2-3-4-5-6-7-8-9-10-11-12-13-14-15-16-17-18-19-20-21-22-23-24-25-26-29-34-41-38(40)37-33-32-35-30-27-28-31-36(35)39-37/h27-28,30-33,37,39H,2-26,29,34H2,1H3. The average molecular weight is 568 g/mol. The topological polar surface area (TPSA) is 38.3 Å². The van der Waals surface area contributed by atoms with Crippen LogP contribution in [0.4, 0.5) is 5.69 Å². The van der Waals surface area contributed by atoms with Crippen molar-refractivity contribution in [2.45, 2.75) is 180 Å². The quantitative estimate of drug-likeness (QED) is 0.0808. The van der Waals surface area contributed by atoms with Gasteiger partial charge < -0.3 is 10.1 Å². The predicted molar refractivity (Wildman–Crippen MR) is 180 cm³/mol. The summed E-state index contributed by atoms with van der Waals surface area (Å²) in [5.41, 5.74) is 2.11. The van der Waals surface area contributed by atoms with Crippen LogP contribution >= 0.6 is 0 Å². The number of nitrogens with one attached hydrogen (secondary N) is 1. The van der Waals surface area contributed by atoms with Crippen molar-refractivity contribution in [3.05, 3.63) is 35.9 Å². The van der Waals surface area contributed by atoms with Gasteiger partial charge in [-0.25, -0.2) is 4.79 Å². The lowest BCUT2D eigenvalue weighted by molar-refractivity contribution is -0.143. The Morgan fingerprint density at radius 3 is 1.41 bits per heavy atom. The van der Waals surface area contributed by atoms with Crippen molar-refractivity contribution in [1.29, 1.82) is 0 Å². The van der Waals surface area contributed by atoms with Crippen molar-refractivity contribution in [2.75, 3.05) is 11.9 Å². The number of anilines is 1. The highest BCUT2D eigenvalue weighted by Crippen LogP contribution is 2.23. The van der Waals surface area contributed by atoms with E-state index in [2.05, 4.69) is 12.2 Å². The summed E-state index contributed by atoms with van der Waals surface area (Å²) < 4.78 is 5.50. The smallest absolute Gasteiger partial charge is 0.332 e. The van der Waals surface area contributed by atoms with Crippen LogP contribution in [0.2, 0.25) is 0 Å². The van der Waals surface area contributed by atoms with Gasteiger partial charge in [0.15, 0.2) is 0 Å². The largest absolute Gasteiger partial charge is 0.464 e. The molecule has 1 aromatic rings. The zero-order valence-corrected chi connectivity index (χ0v) is 26.9. The van der Waals surface area contributed by atoms with E-state index in [4.69, 9.17) is 4.74 Å². The summed E-state index contributed by atoms with van der Waals surface area (Å²) in [6.07, 6.45) is 40.3. The molecule has 0 saturated carbocycles. The Kier molecular flexibility index (Phi) is 22.4. The van der Waals surface area contributed by atoms with E-state index >= 15 is 0 Å². The van der Waals surface area contributed by atoms with Crippen LogP contribution in [-0.4, -0.2) is 18.6 Å². The van der Waals surface area contributed by atoms with Gasteiger partial charge in [-0.05, 0) is 18.1 Å². The van der Waals surface area contributed by atoms with Gasteiger partial charge in [0, 0.05) is 5.69 Å². The van der Waals surface area contributed by atoms with Crippen LogP contribution in [0.25, 0.3) is 6.08 Å². The molecule has 1 unspecified atom stereocenters. The maximum Gasteiger partial charge on any atom is 0.332 e. The molecule has 1 aliphatic rings. The van der Waals surface area contributed by atoms with Crippen molar-refractivity contribution in [3.63, 3.8) is 0 Å². The molecule has 0 bridgehead atoms. The number of hydrogen-bond donors (Lipinski definition) is 1. The average Bonchev–Trinajstić information content (AvgIpc) is 3.00. The molecule has 0 aliphatic carbocycles. The van der Waals surface area contributed by atoms with Gasteiger partial charge in [0.2, 0.25) is 0 Å². The van der Waals surface area contributed by atoms with E-state index in [1.807, 2.05) is 36.4 Å². The Morgan fingerprint density at radius 2 is 0.976 bits per heavy atom. The first-order chi connectivity index (χ1) is 20.3. The van der Waals surface area contributed by atoms with Crippen LogP contribution < -0.4 is 5.32 Å². The third kappa shape index (κ3) is 19.1. The second-order valence-corrected chi connectivity index (χ2v) is 12.6. The fourth-order valence-corrected chi connectivity index (χ4v) is 6.01. The summed E-state index contributed by atoms with van der Waals surface area (Å²) in [4.78, 5) is 12.3.